The first-order valence-corrected chi connectivity index (χ1v) is 12.7. The molecule has 33 heavy (non-hydrogen) atoms. The minimum Gasteiger partial charge on any atom is -0.478 e. The molecule has 3 unspecified atom stereocenters. The van der Waals surface area contributed by atoms with Crippen LogP contribution in [0.15, 0.2) is 11.6 Å². The van der Waals surface area contributed by atoms with Gasteiger partial charge in [-0.15, -0.1) is 0 Å². The molecule has 3 atom stereocenters. The van der Waals surface area contributed by atoms with E-state index in [-0.39, 0.29) is 41.3 Å². The highest BCUT2D eigenvalue weighted by Gasteiger charge is 2.41. The maximum absolute atomic E-state index is 13.8. The number of nitrogens with one attached hydrogen (secondary N) is 2. The first kappa shape index (κ1) is 29.1. The second-order valence-corrected chi connectivity index (χ2v) is 10.1. The van der Waals surface area contributed by atoms with Gasteiger partial charge in [0.05, 0.1) is 11.6 Å². The van der Waals surface area contributed by atoms with Gasteiger partial charge in [-0.2, -0.15) is 0 Å². The van der Waals surface area contributed by atoms with Crippen LogP contribution in [0.25, 0.3) is 0 Å². The predicted molar refractivity (Wildman–Crippen MR) is 133 cm³/mol. The van der Waals surface area contributed by atoms with Gasteiger partial charge in [-0.25, -0.2) is 4.79 Å². The highest BCUT2D eigenvalue weighted by atomic mass is 16.4. The monoisotopic (exact) mass is 465 g/mol. The smallest absolute Gasteiger partial charge is 0.331 e. The van der Waals surface area contributed by atoms with E-state index in [0.717, 1.165) is 32.1 Å². The molecule has 0 aromatic rings. The number of carbonyl (C=O) groups excluding carboxylic acids is 2. The van der Waals surface area contributed by atoms with Crippen molar-refractivity contribution in [2.75, 3.05) is 7.05 Å². The van der Waals surface area contributed by atoms with Crippen molar-refractivity contribution in [2.24, 2.45) is 11.8 Å². The zero-order valence-electron chi connectivity index (χ0n) is 22.0. The van der Waals surface area contributed by atoms with Crippen LogP contribution in [0.5, 0.6) is 0 Å². The Morgan fingerprint density at radius 2 is 1.64 bits per heavy atom. The number of aliphatic carboxylic acids is 1. The van der Waals surface area contributed by atoms with Crippen LogP contribution in [-0.2, 0) is 14.4 Å². The zero-order valence-corrected chi connectivity index (χ0v) is 22.0. The third-order valence-electron chi connectivity index (χ3n) is 7.44. The minimum absolute atomic E-state index is 0.0330. The molecular weight excluding hydrogens is 418 g/mol. The Labute approximate surface area is 200 Å². The standard InChI is InChI=1S/C26H47N3O4/c1-9-19(7)28-26(10-2,11-3)25(33)27-22(20-14-12-13-15-20)23(30)29(8)21(17(4)5)16-18(6)24(31)32/h16-17,19-22,28H,9-15H2,1-8H3,(H,27,33)(H,31,32)/b18-16+. The average Bonchev–Trinajstić information content (AvgIpc) is 3.32. The summed E-state index contributed by atoms with van der Waals surface area (Å²) >= 11 is 0. The van der Waals surface area contributed by atoms with Gasteiger partial charge in [0.1, 0.15) is 6.04 Å². The van der Waals surface area contributed by atoms with E-state index in [4.69, 9.17) is 0 Å². The molecule has 1 saturated carbocycles. The average molecular weight is 466 g/mol. The largest absolute Gasteiger partial charge is 0.478 e. The number of rotatable bonds is 13. The van der Waals surface area contributed by atoms with E-state index in [9.17, 15) is 19.5 Å². The number of likely N-dealkylation sites (N-methyl/N-ethyl adjacent to an activating group) is 1. The van der Waals surface area contributed by atoms with Gasteiger partial charge in [-0.3, -0.25) is 9.59 Å². The Hall–Kier alpha value is -1.89. The van der Waals surface area contributed by atoms with Gasteiger partial charge in [-0.05, 0) is 57.8 Å². The molecule has 0 saturated heterocycles. The van der Waals surface area contributed by atoms with Gasteiger partial charge >= 0.3 is 5.97 Å². The van der Waals surface area contributed by atoms with Crippen LogP contribution in [0, 0.1) is 11.8 Å². The van der Waals surface area contributed by atoms with Crippen LogP contribution in [0.1, 0.15) is 93.4 Å². The van der Waals surface area contributed by atoms with Crippen LogP contribution >= 0.6 is 0 Å². The molecule has 0 aromatic carbocycles. The van der Waals surface area contributed by atoms with E-state index in [0.29, 0.717) is 12.8 Å². The molecule has 1 aliphatic rings. The van der Waals surface area contributed by atoms with E-state index in [2.05, 4.69) is 24.5 Å². The number of hydrogen-bond acceptors (Lipinski definition) is 4. The van der Waals surface area contributed by atoms with E-state index in [1.54, 1.807) is 24.9 Å². The van der Waals surface area contributed by atoms with Crippen molar-refractivity contribution in [3.05, 3.63) is 11.6 Å². The van der Waals surface area contributed by atoms with E-state index in [1.807, 2.05) is 27.7 Å². The Morgan fingerprint density at radius 3 is 2.06 bits per heavy atom. The normalized spacial score (nSPS) is 18.2. The van der Waals surface area contributed by atoms with Crippen molar-refractivity contribution in [1.82, 2.24) is 15.5 Å². The van der Waals surface area contributed by atoms with Gasteiger partial charge in [0.15, 0.2) is 0 Å². The fourth-order valence-electron chi connectivity index (χ4n) is 4.81. The fourth-order valence-corrected chi connectivity index (χ4v) is 4.81. The maximum Gasteiger partial charge on any atom is 0.331 e. The third-order valence-corrected chi connectivity index (χ3v) is 7.44. The second-order valence-electron chi connectivity index (χ2n) is 10.1. The van der Waals surface area contributed by atoms with Gasteiger partial charge < -0.3 is 20.6 Å². The molecule has 0 aliphatic heterocycles. The van der Waals surface area contributed by atoms with Gasteiger partial charge in [0.2, 0.25) is 11.8 Å². The molecule has 0 aromatic heterocycles. The Morgan fingerprint density at radius 1 is 1.09 bits per heavy atom. The van der Waals surface area contributed by atoms with E-state index in [1.165, 1.54) is 0 Å². The number of nitrogens with zero attached hydrogens (tertiary/aromatic N) is 1. The summed E-state index contributed by atoms with van der Waals surface area (Å²) in [5, 5.41) is 16.0. The molecule has 2 amide bonds. The second kappa shape index (κ2) is 13.1. The lowest BCUT2D eigenvalue weighted by atomic mass is 9.88. The van der Waals surface area contributed by atoms with Crippen LogP contribution in [-0.4, -0.2) is 58.5 Å². The summed E-state index contributed by atoms with van der Waals surface area (Å²) in [7, 11) is 1.72. The lowest BCUT2D eigenvalue weighted by Crippen LogP contribution is -2.63. The number of carboxylic acids is 1. The van der Waals surface area contributed by atoms with E-state index < -0.39 is 17.6 Å². The molecule has 0 heterocycles. The van der Waals surface area contributed by atoms with Crippen molar-refractivity contribution < 1.29 is 19.5 Å². The molecule has 1 aliphatic carbocycles. The molecule has 7 nitrogen and oxygen atoms in total. The predicted octanol–water partition coefficient (Wildman–Crippen LogP) is 4.12. The summed E-state index contributed by atoms with van der Waals surface area (Å²) in [5.74, 6) is -1.13. The fraction of sp³-hybridized carbons (Fsp3) is 0.808. The van der Waals surface area contributed by atoms with Crippen molar-refractivity contribution >= 4 is 17.8 Å². The number of carboxylic acid groups (broad SMARTS) is 1. The quantitative estimate of drug-likeness (QED) is 0.355. The summed E-state index contributed by atoms with van der Waals surface area (Å²) in [6.07, 6.45) is 7.75. The summed E-state index contributed by atoms with van der Waals surface area (Å²) in [6.45, 7) is 13.7. The molecular formula is C26H47N3O4. The topological polar surface area (TPSA) is 98.7 Å². The number of carbonyl (C=O) groups is 3. The molecule has 1 rings (SSSR count). The Kier molecular flexibility index (Phi) is 11.6. The van der Waals surface area contributed by atoms with Crippen LogP contribution < -0.4 is 10.6 Å². The third kappa shape index (κ3) is 7.56. The molecule has 3 N–H and O–H groups in total. The minimum atomic E-state index is -0.992. The van der Waals surface area contributed by atoms with Crippen molar-refractivity contribution in [3.63, 3.8) is 0 Å². The number of hydrogen-bond donors (Lipinski definition) is 3. The Bertz CT molecular complexity index is 694. The van der Waals surface area contributed by atoms with Crippen molar-refractivity contribution in [3.8, 4) is 0 Å². The lowest BCUT2D eigenvalue weighted by molar-refractivity contribution is -0.140. The van der Waals surface area contributed by atoms with E-state index >= 15 is 0 Å². The number of amides is 2. The SMILES string of the molecule is CCC(C)NC(CC)(CC)C(=O)NC(C(=O)N(C)C(/C=C(\C)C(=O)O)C(C)C)C1CCCC1. The molecule has 1 fully saturated rings. The van der Waals surface area contributed by atoms with Gasteiger partial charge in [-0.1, -0.05) is 53.5 Å². The molecule has 0 spiro atoms. The lowest BCUT2D eigenvalue weighted by Gasteiger charge is -2.38. The Balaban J connectivity index is 3.25. The van der Waals surface area contributed by atoms with Gasteiger partial charge in [0.25, 0.3) is 0 Å². The first-order valence-electron chi connectivity index (χ1n) is 12.7. The van der Waals surface area contributed by atoms with Crippen LogP contribution in [0.4, 0.5) is 0 Å². The first-order chi connectivity index (χ1) is 15.4. The summed E-state index contributed by atoms with van der Waals surface area (Å²) in [5.41, 5.74) is -0.508. The van der Waals surface area contributed by atoms with Crippen LogP contribution in [0.3, 0.4) is 0 Å². The van der Waals surface area contributed by atoms with Crippen molar-refractivity contribution in [1.29, 1.82) is 0 Å². The summed E-state index contributed by atoms with van der Waals surface area (Å²) in [4.78, 5) is 40.4. The molecule has 190 valence electrons. The highest BCUT2D eigenvalue weighted by Crippen LogP contribution is 2.30. The highest BCUT2D eigenvalue weighted by molar-refractivity contribution is 5.92. The maximum atomic E-state index is 13.8. The summed E-state index contributed by atoms with van der Waals surface area (Å²) < 4.78 is 0. The summed E-state index contributed by atoms with van der Waals surface area (Å²) in [6, 6.07) is -0.788. The van der Waals surface area contributed by atoms with Gasteiger partial charge in [0, 0.05) is 18.7 Å². The van der Waals surface area contributed by atoms with Crippen molar-refractivity contribution in [2.45, 2.75) is 117 Å². The molecule has 0 radical (unpaired) electrons. The zero-order chi connectivity index (χ0) is 25.3. The van der Waals surface area contributed by atoms with Crippen LogP contribution in [0.2, 0.25) is 0 Å². The molecule has 0 bridgehead atoms. The molecule has 7 heteroatoms.